The molecular weight excluding hydrogens is 244 g/mol. The number of fused-ring (bicyclic) bond motifs is 1. The van der Waals surface area contributed by atoms with Crippen LogP contribution >= 0.6 is 0 Å². The first-order valence-electron chi connectivity index (χ1n) is 6.37. The molecule has 1 atom stereocenters. The predicted molar refractivity (Wildman–Crippen MR) is 72.3 cm³/mol. The van der Waals surface area contributed by atoms with Crippen LogP contribution in [0.25, 0.3) is 0 Å². The number of nitrogens with two attached hydrogens (primary N) is 1. The van der Waals surface area contributed by atoms with Crippen molar-refractivity contribution in [3.05, 3.63) is 23.8 Å². The van der Waals surface area contributed by atoms with E-state index in [4.69, 9.17) is 15.2 Å². The molecule has 5 nitrogen and oxygen atoms in total. The van der Waals surface area contributed by atoms with Crippen molar-refractivity contribution >= 4 is 5.91 Å². The maximum absolute atomic E-state index is 11.8. The van der Waals surface area contributed by atoms with Gasteiger partial charge in [-0.05, 0) is 38.5 Å². The summed E-state index contributed by atoms with van der Waals surface area (Å²) in [5.74, 6) is 1.28. The number of benzene rings is 1. The molecule has 5 heteroatoms. The molecule has 0 radical (unpaired) electrons. The molecule has 3 N–H and O–H groups in total. The smallest absolute Gasteiger partial charge is 0.239 e. The lowest BCUT2D eigenvalue weighted by atomic mass is 10.0. The third kappa shape index (κ3) is 3.17. The first-order chi connectivity index (χ1) is 8.88. The minimum absolute atomic E-state index is 0.133. The second kappa shape index (κ2) is 5.09. The summed E-state index contributed by atoms with van der Waals surface area (Å²) < 4.78 is 11.0. The molecule has 2 rings (SSSR count). The Balaban J connectivity index is 2.11. The van der Waals surface area contributed by atoms with E-state index in [1.165, 1.54) is 0 Å². The lowest BCUT2D eigenvalue weighted by Crippen LogP contribution is -2.49. The summed E-state index contributed by atoms with van der Waals surface area (Å²) in [6.07, 6.45) is 0. The third-order valence-corrected chi connectivity index (χ3v) is 3.00. The molecule has 19 heavy (non-hydrogen) atoms. The van der Waals surface area contributed by atoms with Gasteiger partial charge in [0.05, 0.1) is 11.6 Å². The normalized spacial score (nSPS) is 15.8. The van der Waals surface area contributed by atoms with Gasteiger partial charge >= 0.3 is 0 Å². The Morgan fingerprint density at radius 2 is 1.95 bits per heavy atom. The average molecular weight is 264 g/mol. The van der Waals surface area contributed by atoms with Crippen molar-refractivity contribution in [2.24, 2.45) is 5.73 Å². The third-order valence-electron chi connectivity index (χ3n) is 3.00. The molecule has 1 unspecified atom stereocenters. The number of ether oxygens (including phenoxy) is 2. The quantitative estimate of drug-likeness (QED) is 0.865. The van der Waals surface area contributed by atoms with Crippen molar-refractivity contribution in [3.63, 3.8) is 0 Å². The van der Waals surface area contributed by atoms with E-state index in [1.54, 1.807) is 13.8 Å². The van der Waals surface area contributed by atoms with Crippen LogP contribution in [-0.2, 0) is 4.79 Å². The first kappa shape index (κ1) is 13.7. The summed E-state index contributed by atoms with van der Waals surface area (Å²) in [4.78, 5) is 11.8. The van der Waals surface area contributed by atoms with Gasteiger partial charge in [-0.2, -0.15) is 0 Å². The Bertz CT molecular complexity index is 480. The molecule has 0 aromatic heterocycles. The number of nitrogens with one attached hydrogen (secondary N) is 1. The van der Waals surface area contributed by atoms with Crippen molar-refractivity contribution in [1.82, 2.24) is 5.32 Å². The van der Waals surface area contributed by atoms with Gasteiger partial charge in [0, 0.05) is 0 Å². The number of hydrogen-bond donors (Lipinski definition) is 2. The Morgan fingerprint density at radius 3 is 2.58 bits per heavy atom. The zero-order valence-electron chi connectivity index (χ0n) is 11.5. The number of hydrogen-bond acceptors (Lipinski definition) is 4. The molecule has 104 valence electrons. The van der Waals surface area contributed by atoms with E-state index in [1.807, 2.05) is 25.1 Å². The van der Waals surface area contributed by atoms with Gasteiger partial charge in [0.15, 0.2) is 11.5 Å². The van der Waals surface area contributed by atoms with Crippen LogP contribution in [0.2, 0.25) is 0 Å². The maximum Gasteiger partial charge on any atom is 0.239 e. The molecule has 0 spiro atoms. The van der Waals surface area contributed by atoms with Crippen LogP contribution in [0.5, 0.6) is 11.5 Å². The Labute approximate surface area is 113 Å². The van der Waals surface area contributed by atoms with E-state index < -0.39 is 5.54 Å². The van der Waals surface area contributed by atoms with E-state index in [0.29, 0.717) is 13.2 Å². The highest BCUT2D eigenvalue weighted by molar-refractivity contribution is 5.85. The molecule has 1 aliphatic rings. The van der Waals surface area contributed by atoms with Gasteiger partial charge in [0.2, 0.25) is 5.91 Å². The fourth-order valence-electron chi connectivity index (χ4n) is 1.80. The van der Waals surface area contributed by atoms with E-state index >= 15 is 0 Å². The largest absolute Gasteiger partial charge is 0.486 e. The molecule has 1 aromatic carbocycles. The van der Waals surface area contributed by atoms with E-state index in [0.717, 1.165) is 17.1 Å². The fraction of sp³-hybridized carbons (Fsp3) is 0.500. The first-order valence-corrected chi connectivity index (χ1v) is 6.37. The molecule has 0 saturated carbocycles. The Hall–Kier alpha value is -1.75. The lowest BCUT2D eigenvalue weighted by Gasteiger charge is -2.24. The molecule has 0 saturated heterocycles. The van der Waals surface area contributed by atoms with Crippen LogP contribution < -0.4 is 20.5 Å². The minimum atomic E-state index is -0.887. The zero-order chi connectivity index (χ0) is 14.0. The van der Waals surface area contributed by atoms with Crippen molar-refractivity contribution in [2.45, 2.75) is 32.4 Å². The lowest BCUT2D eigenvalue weighted by molar-refractivity contribution is -0.125. The van der Waals surface area contributed by atoms with Crippen molar-refractivity contribution < 1.29 is 14.3 Å². The summed E-state index contributed by atoms with van der Waals surface area (Å²) in [6.45, 7) is 6.39. The number of amides is 1. The van der Waals surface area contributed by atoms with Crippen LogP contribution in [0.1, 0.15) is 32.4 Å². The van der Waals surface area contributed by atoms with Gasteiger partial charge in [0.1, 0.15) is 13.2 Å². The van der Waals surface area contributed by atoms with Gasteiger partial charge in [0.25, 0.3) is 0 Å². The molecule has 1 aliphatic heterocycles. The number of carbonyl (C=O) groups is 1. The van der Waals surface area contributed by atoms with Crippen LogP contribution in [0.4, 0.5) is 0 Å². The zero-order valence-corrected chi connectivity index (χ0v) is 11.5. The van der Waals surface area contributed by atoms with E-state index in [-0.39, 0.29) is 11.9 Å². The highest BCUT2D eigenvalue weighted by Gasteiger charge is 2.24. The van der Waals surface area contributed by atoms with Gasteiger partial charge in [-0.25, -0.2) is 0 Å². The van der Waals surface area contributed by atoms with Crippen molar-refractivity contribution in [3.8, 4) is 11.5 Å². The molecule has 0 aliphatic carbocycles. The van der Waals surface area contributed by atoms with E-state index in [9.17, 15) is 4.79 Å². The topological polar surface area (TPSA) is 73.6 Å². The Morgan fingerprint density at radius 1 is 1.32 bits per heavy atom. The van der Waals surface area contributed by atoms with Crippen molar-refractivity contribution in [2.75, 3.05) is 13.2 Å². The van der Waals surface area contributed by atoms with Crippen LogP contribution in [0.15, 0.2) is 18.2 Å². The SMILES string of the molecule is CC(NC(=O)C(C)(C)N)c1ccc2c(c1)OCCO2. The minimum Gasteiger partial charge on any atom is -0.486 e. The highest BCUT2D eigenvalue weighted by Crippen LogP contribution is 2.32. The number of rotatable bonds is 3. The summed E-state index contributed by atoms with van der Waals surface area (Å²) in [6, 6.07) is 5.54. The van der Waals surface area contributed by atoms with Gasteiger partial charge in [-0.15, -0.1) is 0 Å². The number of carbonyl (C=O) groups excluding carboxylic acids is 1. The second-order valence-electron chi connectivity index (χ2n) is 5.32. The standard InChI is InChI=1S/C14H20N2O3/c1-9(16-13(17)14(2,3)15)10-4-5-11-12(8-10)19-7-6-18-11/h4-5,8-9H,6-7,15H2,1-3H3,(H,16,17). The molecule has 1 amide bonds. The van der Waals surface area contributed by atoms with Gasteiger partial charge in [-0.1, -0.05) is 6.07 Å². The molecule has 0 bridgehead atoms. The van der Waals surface area contributed by atoms with E-state index in [2.05, 4.69) is 5.32 Å². The maximum atomic E-state index is 11.8. The van der Waals surface area contributed by atoms with Gasteiger partial charge in [-0.3, -0.25) is 4.79 Å². The molecule has 1 aromatic rings. The van der Waals surface area contributed by atoms with Crippen LogP contribution in [0.3, 0.4) is 0 Å². The van der Waals surface area contributed by atoms with Crippen molar-refractivity contribution in [1.29, 1.82) is 0 Å². The molecular formula is C14H20N2O3. The predicted octanol–water partition coefficient (Wildman–Crippen LogP) is 1.37. The monoisotopic (exact) mass is 264 g/mol. The fourth-order valence-corrected chi connectivity index (χ4v) is 1.80. The summed E-state index contributed by atoms with van der Waals surface area (Å²) in [5, 5.41) is 2.88. The van der Waals surface area contributed by atoms with Crippen LogP contribution in [-0.4, -0.2) is 24.7 Å². The van der Waals surface area contributed by atoms with Gasteiger partial charge < -0.3 is 20.5 Å². The average Bonchev–Trinajstić information content (AvgIpc) is 2.37. The molecule has 1 heterocycles. The Kier molecular flexibility index (Phi) is 3.66. The molecule has 0 fully saturated rings. The highest BCUT2D eigenvalue weighted by atomic mass is 16.6. The second-order valence-corrected chi connectivity index (χ2v) is 5.32. The van der Waals surface area contributed by atoms with Crippen LogP contribution in [0, 0.1) is 0 Å². The summed E-state index contributed by atoms with van der Waals surface area (Å²) in [7, 11) is 0. The summed E-state index contributed by atoms with van der Waals surface area (Å²) in [5.41, 5.74) is 5.83. The summed E-state index contributed by atoms with van der Waals surface area (Å²) >= 11 is 0.